The first-order chi connectivity index (χ1) is 17.8. The van der Waals surface area contributed by atoms with E-state index in [0.29, 0.717) is 40.3 Å². The number of fused-ring (bicyclic) bond motifs is 1. The first-order valence-electron chi connectivity index (χ1n) is 12.3. The van der Waals surface area contributed by atoms with Crippen molar-refractivity contribution >= 4 is 29.2 Å². The monoisotopic (exact) mass is 506 g/mol. The number of aromatic nitrogens is 1. The Morgan fingerprint density at radius 3 is 2.70 bits per heavy atom. The lowest BCUT2D eigenvalue weighted by atomic mass is 9.93. The Morgan fingerprint density at radius 2 is 1.95 bits per heavy atom. The molecule has 1 fully saturated rings. The maximum Gasteiger partial charge on any atom is 0.256 e. The molecule has 1 aromatic heterocycles. The Morgan fingerprint density at radius 1 is 1.16 bits per heavy atom. The lowest BCUT2D eigenvalue weighted by Gasteiger charge is -2.19. The fraction of sp³-hybridized carbons (Fsp3) is 0.286. The predicted octanol–water partition coefficient (Wildman–Crippen LogP) is 3.95. The fourth-order valence-corrected chi connectivity index (χ4v) is 5.01. The van der Waals surface area contributed by atoms with Crippen molar-refractivity contribution in [3.63, 3.8) is 0 Å². The minimum atomic E-state index is -0.740. The number of carbonyl (C=O) groups is 2. The van der Waals surface area contributed by atoms with Crippen LogP contribution in [0.2, 0.25) is 0 Å². The summed E-state index contributed by atoms with van der Waals surface area (Å²) in [6.07, 6.45) is 3.11. The van der Waals surface area contributed by atoms with Gasteiger partial charge < -0.3 is 25.6 Å². The highest BCUT2D eigenvalue weighted by atomic mass is 19.1. The fourth-order valence-electron chi connectivity index (χ4n) is 5.01. The Kier molecular flexibility index (Phi) is 6.90. The Balaban J connectivity index is 1.43. The van der Waals surface area contributed by atoms with Crippen molar-refractivity contribution in [2.24, 2.45) is 0 Å². The normalized spacial score (nSPS) is 17.2. The zero-order valence-corrected chi connectivity index (χ0v) is 20.4. The maximum atomic E-state index is 14.7. The standard InChI is InChI=1S/C28H28F2N4O3/c1-16-11-21(27(36)31-14-18(35)15-34-9-2-3-10-34)25(32-16)13-22-26-20(5-4-6-24(26)33-28(22)37)19-8-7-17(29)12-23(19)30/h4-8,11-13,18,32,35H,2-3,9-10,14-15H2,1H3,(H,31,36)(H,33,37)/b22-13-. The number of nitrogens with zero attached hydrogens (tertiary/aromatic N) is 1. The highest BCUT2D eigenvalue weighted by Gasteiger charge is 2.29. The van der Waals surface area contributed by atoms with Crippen molar-refractivity contribution in [1.82, 2.24) is 15.2 Å². The molecule has 2 amide bonds. The molecule has 5 rings (SSSR count). The third-order valence-electron chi connectivity index (χ3n) is 6.73. The van der Waals surface area contributed by atoms with Crippen molar-refractivity contribution in [3.8, 4) is 11.1 Å². The number of likely N-dealkylation sites (tertiary alicyclic amines) is 1. The summed E-state index contributed by atoms with van der Waals surface area (Å²) in [5.74, 6) is -2.21. The number of halogens is 2. The third-order valence-corrected chi connectivity index (χ3v) is 6.73. The van der Waals surface area contributed by atoms with Crippen molar-refractivity contribution in [3.05, 3.63) is 76.6 Å². The van der Waals surface area contributed by atoms with Crippen LogP contribution in [0.4, 0.5) is 14.5 Å². The van der Waals surface area contributed by atoms with Gasteiger partial charge in [0.05, 0.1) is 22.9 Å². The molecule has 1 atom stereocenters. The number of anilines is 1. The van der Waals surface area contributed by atoms with Gasteiger partial charge in [-0.3, -0.25) is 9.59 Å². The van der Waals surface area contributed by atoms with E-state index in [1.807, 2.05) is 0 Å². The van der Waals surface area contributed by atoms with Gasteiger partial charge >= 0.3 is 0 Å². The molecule has 0 bridgehead atoms. The molecule has 3 heterocycles. The number of amides is 2. The van der Waals surface area contributed by atoms with Gasteiger partial charge in [-0.25, -0.2) is 8.78 Å². The van der Waals surface area contributed by atoms with Crippen LogP contribution in [0.25, 0.3) is 22.8 Å². The molecule has 37 heavy (non-hydrogen) atoms. The summed E-state index contributed by atoms with van der Waals surface area (Å²) < 4.78 is 28.2. The van der Waals surface area contributed by atoms with E-state index in [1.54, 1.807) is 37.3 Å². The molecule has 2 aliphatic rings. The largest absolute Gasteiger partial charge is 0.390 e. The van der Waals surface area contributed by atoms with E-state index in [9.17, 15) is 23.5 Å². The highest BCUT2D eigenvalue weighted by molar-refractivity contribution is 6.36. The Labute approximate surface area is 213 Å². The second-order valence-electron chi connectivity index (χ2n) is 9.52. The SMILES string of the molecule is Cc1cc(C(=O)NCC(O)CN2CCCC2)c(/C=C2\C(=O)Nc3cccc(-c4ccc(F)cc4F)c32)[nH]1. The van der Waals surface area contributed by atoms with E-state index in [-0.39, 0.29) is 23.6 Å². The van der Waals surface area contributed by atoms with Crippen LogP contribution < -0.4 is 10.6 Å². The number of aliphatic hydroxyl groups excluding tert-OH is 1. The molecule has 1 unspecified atom stereocenters. The van der Waals surface area contributed by atoms with Crippen molar-refractivity contribution in [2.75, 3.05) is 31.5 Å². The Hall–Kier alpha value is -3.82. The first-order valence-corrected chi connectivity index (χ1v) is 12.3. The smallest absolute Gasteiger partial charge is 0.256 e. The number of hydrogen-bond donors (Lipinski definition) is 4. The van der Waals surface area contributed by atoms with E-state index >= 15 is 0 Å². The third kappa shape index (κ3) is 5.19. The number of H-pyrrole nitrogens is 1. The van der Waals surface area contributed by atoms with Crippen LogP contribution in [0.5, 0.6) is 0 Å². The minimum Gasteiger partial charge on any atom is -0.390 e. The average molecular weight is 507 g/mol. The zero-order valence-electron chi connectivity index (χ0n) is 20.4. The van der Waals surface area contributed by atoms with Crippen LogP contribution >= 0.6 is 0 Å². The molecular formula is C28H28F2N4O3. The summed E-state index contributed by atoms with van der Waals surface area (Å²) in [7, 11) is 0. The van der Waals surface area contributed by atoms with E-state index in [0.717, 1.165) is 32.0 Å². The number of rotatable bonds is 7. The molecule has 0 saturated carbocycles. The first kappa shape index (κ1) is 24.9. The van der Waals surface area contributed by atoms with Crippen LogP contribution in [0.3, 0.4) is 0 Å². The lowest BCUT2D eigenvalue weighted by Crippen LogP contribution is -2.39. The van der Waals surface area contributed by atoms with Crippen molar-refractivity contribution < 1.29 is 23.5 Å². The van der Waals surface area contributed by atoms with Gasteiger partial charge in [0, 0.05) is 41.7 Å². The lowest BCUT2D eigenvalue weighted by molar-refractivity contribution is -0.110. The quantitative estimate of drug-likeness (QED) is 0.365. The molecule has 0 aliphatic carbocycles. The van der Waals surface area contributed by atoms with Crippen LogP contribution in [-0.2, 0) is 4.79 Å². The molecule has 0 spiro atoms. The summed E-state index contributed by atoms with van der Waals surface area (Å²) >= 11 is 0. The van der Waals surface area contributed by atoms with Gasteiger partial charge in [0.15, 0.2) is 0 Å². The summed E-state index contributed by atoms with van der Waals surface area (Å²) in [6, 6.07) is 10.0. The van der Waals surface area contributed by atoms with E-state index in [1.165, 1.54) is 12.1 Å². The van der Waals surface area contributed by atoms with Crippen LogP contribution in [-0.4, -0.2) is 59.1 Å². The van der Waals surface area contributed by atoms with Gasteiger partial charge in [-0.05, 0) is 68.8 Å². The zero-order chi connectivity index (χ0) is 26.1. The second-order valence-corrected chi connectivity index (χ2v) is 9.52. The van der Waals surface area contributed by atoms with Crippen LogP contribution in [0.1, 0.15) is 40.2 Å². The number of aryl methyl sites for hydroxylation is 1. The number of aromatic amines is 1. The minimum absolute atomic E-state index is 0.104. The van der Waals surface area contributed by atoms with E-state index < -0.39 is 23.6 Å². The van der Waals surface area contributed by atoms with E-state index in [4.69, 9.17) is 0 Å². The molecule has 2 aromatic carbocycles. The molecule has 4 N–H and O–H groups in total. The van der Waals surface area contributed by atoms with Gasteiger partial charge in [-0.15, -0.1) is 0 Å². The van der Waals surface area contributed by atoms with Crippen molar-refractivity contribution in [2.45, 2.75) is 25.9 Å². The molecule has 9 heteroatoms. The molecule has 1 saturated heterocycles. The summed E-state index contributed by atoms with van der Waals surface area (Å²) in [5, 5.41) is 15.9. The maximum absolute atomic E-state index is 14.7. The average Bonchev–Trinajstić information content (AvgIpc) is 3.57. The number of aliphatic hydroxyl groups is 1. The summed E-state index contributed by atoms with van der Waals surface area (Å²) in [6.45, 7) is 4.30. The number of benzene rings is 2. The highest BCUT2D eigenvalue weighted by Crippen LogP contribution is 2.41. The summed E-state index contributed by atoms with van der Waals surface area (Å²) in [5.41, 5.74) is 3.26. The Bertz CT molecular complexity index is 1390. The molecule has 2 aliphatic heterocycles. The van der Waals surface area contributed by atoms with Gasteiger partial charge in [0.1, 0.15) is 11.6 Å². The van der Waals surface area contributed by atoms with Gasteiger partial charge in [-0.1, -0.05) is 12.1 Å². The van der Waals surface area contributed by atoms with Gasteiger partial charge in [-0.2, -0.15) is 0 Å². The van der Waals surface area contributed by atoms with E-state index in [2.05, 4.69) is 20.5 Å². The second kappa shape index (κ2) is 10.3. The van der Waals surface area contributed by atoms with Crippen LogP contribution in [0.15, 0.2) is 42.5 Å². The predicted molar refractivity (Wildman–Crippen MR) is 138 cm³/mol. The molecule has 3 aromatic rings. The van der Waals surface area contributed by atoms with Crippen LogP contribution in [0, 0.1) is 18.6 Å². The number of carbonyl (C=O) groups excluding carboxylic acids is 2. The number of nitrogens with one attached hydrogen (secondary N) is 3. The molecule has 7 nitrogen and oxygen atoms in total. The topological polar surface area (TPSA) is 97.5 Å². The number of hydrogen-bond acceptors (Lipinski definition) is 4. The molecule has 192 valence electrons. The number of β-amino-alcohol motifs (C(OH)–C–C–N with tert-alkyl or cyclic N) is 1. The van der Waals surface area contributed by atoms with Crippen molar-refractivity contribution in [1.29, 1.82) is 0 Å². The molecular weight excluding hydrogens is 478 g/mol. The molecule has 0 radical (unpaired) electrons. The summed E-state index contributed by atoms with van der Waals surface area (Å²) in [4.78, 5) is 31.2. The van der Waals surface area contributed by atoms with Gasteiger partial charge in [0.25, 0.3) is 11.8 Å². The van der Waals surface area contributed by atoms with Gasteiger partial charge in [0.2, 0.25) is 0 Å².